The predicted octanol–water partition coefficient (Wildman–Crippen LogP) is 3.38. The van der Waals surface area contributed by atoms with Gasteiger partial charge in [-0.1, -0.05) is 42.2 Å². The van der Waals surface area contributed by atoms with Crippen LogP contribution >= 0.6 is 24.0 Å². The van der Waals surface area contributed by atoms with Crippen LogP contribution in [-0.2, 0) is 11.3 Å². The number of carbonyl (C=O) groups excluding carboxylic acids is 1. The van der Waals surface area contributed by atoms with Gasteiger partial charge in [-0.3, -0.25) is 14.5 Å². The zero-order valence-corrected chi connectivity index (χ0v) is 20.1. The lowest BCUT2D eigenvalue weighted by atomic mass is 10.0. The Labute approximate surface area is 192 Å². The molecule has 4 rings (SSSR count). The molecule has 0 unspecified atom stereocenters. The van der Waals surface area contributed by atoms with Gasteiger partial charge in [-0.25, -0.2) is 0 Å². The summed E-state index contributed by atoms with van der Waals surface area (Å²) in [4.78, 5) is 33.4. The number of carbonyl (C=O) groups is 1. The highest BCUT2D eigenvalue weighted by atomic mass is 32.2. The van der Waals surface area contributed by atoms with Crippen molar-refractivity contribution in [2.24, 2.45) is 0 Å². The fourth-order valence-corrected chi connectivity index (χ4v) is 5.79. The Bertz CT molecular complexity index is 1130. The molecule has 0 saturated carbocycles. The maximum absolute atomic E-state index is 13.6. The van der Waals surface area contributed by atoms with Gasteiger partial charge in [0.15, 0.2) is 0 Å². The Hall–Kier alpha value is -2.16. The van der Waals surface area contributed by atoms with Crippen molar-refractivity contribution in [3.05, 3.63) is 45.1 Å². The molecule has 2 aromatic rings. The number of anilines is 1. The van der Waals surface area contributed by atoms with Crippen LogP contribution in [0, 0.1) is 0 Å². The molecule has 0 spiro atoms. The number of para-hydroxylation sites is 1. The molecule has 0 atom stereocenters. The summed E-state index contributed by atoms with van der Waals surface area (Å²) >= 11 is 6.73. The molecule has 1 aromatic carbocycles. The molecule has 1 aromatic heterocycles. The number of hydrogen-bond acceptors (Lipinski definition) is 6. The minimum atomic E-state index is -0.120. The number of fused-ring (bicyclic) bond motifs is 1. The largest absolute Gasteiger partial charge is 0.368 e. The van der Waals surface area contributed by atoms with Crippen LogP contribution in [0.4, 0.5) is 5.69 Å². The van der Waals surface area contributed by atoms with E-state index in [0.29, 0.717) is 21.3 Å². The van der Waals surface area contributed by atoms with E-state index in [1.807, 2.05) is 39.0 Å². The molecule has 1 amide bonds. The van der Waals surface area contributed by atoms with Crippen LogP contribution < -0.4 is 10.5 Å². The second-order valence-electron chi connectivity index (χ2n) is 8.26. The standard InChI is InChI=1S/C23H28N4O2S2/c1-5-26-18-9-7-6-8-16(18)20(25-12-10-24(4)11-13-25)17(21(26)28)14-19-22(29)27(15(2)3)23(30)31-19/h6-9,14-15H,5,10-13H2,1-4H3. The van der Waals surface area contributed by atoms with Crippen LogP contribution in [0.1, 0.15) is 26.3 Å². The number of amides is 1. The molecule has 2 fully saturated rings. The number of rotatable bonds is 4. The second-order valence-corrected chi connectivity index (χ2v) is 9.94. The average Bonchev–Trinajstić information content (AvgIpc) is 3.02. The van der Waals surface area contributed by atoms with E-state index >= 15 is 0 Å². The van der Waals surface area contributed by atoms with Gasteiger partial charge in [0.1, 0.15) is 4.32 Å². The van der Waals surface area contributed by atoms with Crippen molar-refractivity contribution in [1.82, 2.24) is 14.4 Å². The monoisotopic (exact) mass is 456 g/mol. The third kappa shape index (κ3) is 3.92. The van der Waals surface area contributed by atoms with Crippen molar-refractivity contribution < 1.29 is 4.79 Å². The van der Waals surface area contributed by atoms with Crippen molar-refractivity contribution in [2.75, 3.05) is 38.1 Å². The lowest BCUT2D eigenvalue weighted by Crippen LogP contribution is -2.45. The number of aromatic nitrogens is 1. The highest BCUT2D eigenvalue weighted by Crippen LogP contribution is 2.37. The molecule has 6 nitrogen and oxygen atoms in total. The van der Waals surface area contributed by atoms with Gasteiger partial charge in [0.2, 0.25) is 0 Å². The Kier molecular flexibility index (Phi) is 6.23. The summed E-state index contributed by atoms with van der Waals surface area (Å²) in [5, 5.41) is 1.04. The third-order valence-corrected chi connectivity index (χ3v) is 7.26. The SMILES string of the molecule is CCn1c(=O)c(C=C2SC(=S)N(C(C)C)C2=O)c(N2CCN(C)CC2)c2ccccc21. The number of hydrogen-bond donors (Lipinski definition) is 0. The van der Waals surface area contributed by atoms with Crippen LogP contribution in [0.5, 0.6) is 0 Å². The van der Waals surface area contributed by atoms with E-state index in [1.54, 1.807) is 15.5 Å². The maximum atomic E-state index is 13.6. The van der Waals surface area contributed by atoms with Crippen LogP contribution in [0.15, 0.2) is 34.0 Å². The molecule has 8 heteroatoms. The summed E-state index contributed by atoms with van der Waals surface area (Å²) in [5.41, 5.74) is 2.36. The number of benzene rings is 1. The first-order valence-corrected chi connectivity index (χ1v) is 11.9. The van der Waals surface area contributed by atoms with Gasteiger partial charge in [0, 0.05) is 44.2 Å². The lowest BCUT2D eigenvalue weighted by molar-refractivity contribution is -0.123. The fraction of sp³-hybridized carbons (Fsp3) is 0.435. The van der Waals surface area contributed by atoms with Crippen molar-refractivity contribution in [1.29, 1.82) is 0 Å². The number of likely N-dealkylation sites (N-methyl/N-ethyl adjacent to an activating group) is 1. The number of thioether (sulfide) groups is 1. The molecular weight excluding hydrogens is 428 g/mol. The second kappa shape index (κ2) is 8.76. The smallest absolute Gasteiger partial charge is 0.266 e. The third-order valence-electron chi connectivity index (χ3n) is 5.93. The zero-order chi connectivity index (χ0) is 22.3. The Morgan fingerprint density at radius 1 is 1.13 bits per heavy atom. The molecule has 0 N–H and O–H groups in total. The molecule has 2 aliphatic rings. The zero-order valence-electron chi connectivity index (χ0n) is 18.4. The first-order valence-electron chi connectivity index (χ1n) is 10.7. The van der Waals surface area contributed by atoms with Gasteiger partial charge >= 0.3 is 0 Å². The number of thiocarbonyl (C=S) groups is 1. The lowest BCUT2D eigenvalue weighted by Gasteiger charge is -2.35. The van der Waals surface area contributed by atoms with E-state index in [2.05, 4.69) is 22.9 Å². The van der Waals surface area contributed by atoms with Gasteiger partial charge in [0.05, 0.1) is 21.7 Å². The normalized spacial score (nSPS) is 19.5. The molecule has 31 heavy (non-hydrogen) atoms. The number of nitrogens with zero attached hydrogens (tertiary/aromatic N) is 4. The van der Waals surface area contributed by atoms with Crippen molar-refractivity contribution in [2.45, 2.75) is 33.4 Å². The van der Waals surface area contributed by atoms with E-state index in [-0.39, 0.29) is 17.5 Å². The van der Waals surface area contributed by atoms with Gasteiger partial charge < -0.3 is 14.4 Å². The summed E-state index contributed by atoms with van der Waals surface area (Å²) in [6.07, 6.45) is 1.77. The van der Waals surface area contributed by atoms with Crippen molar-refractivity contribution in [3.8, 4) is 0 Å². The quantitative estimate of drug-likeness (QED) is 0.519. The first kappa shape index (κ1) is 22.0. The molecule has 0 aliphatic carbocycles. The molecule has 3 heterocycles. The summed E-state index contributed by atoms with van der Waals surface area (Å²) in [5.74, 6) is -0.120. The van der Waals surface area contributed by atoms with E-state index in [1.165, 1.54) is 11.8 Å². The molecule has 2 aliphatic heterocycles. The van der Waals surface area contributed by atoms with E-state index in [4.69, 9.17) is 12.2 Å². The Morgan fingerprint density at radius 2 is 1.81 bits per heavy atom. The van der Waals surface area contributed by atoms with E-state index in [0.717, 1.165) is 42.8 Å². The van der Waals surface area contributed by atoms with Crippen LogP contribution in [0.25, 0.3) is 17.0 Å². The number of pyridine rings is 1. The molecule has 164 valence electrons. The molecular formula is C23H28N4O2S2. The highest BCUT2D eigenvalue weighted by molar-refractivity contribution is 8.26. The molecule has 0 bridgehead atoms. The Morgan fingerprint density at radius 3 is 2.42 bits per heavy atom. The van der Waals surface area contributed by atoms with Crippen molar-refractivity contribution in [3.63, 3.8) is 0 Å². The van der Waals surface area contributed by atoms with Gasteiger partial charge in [-0.2, -0.15) is 0 Å². The predicted molar refractivity (Wildman–Crippen MR) is 134 cm³/mol. The van der Waals surface area contributed by atoms with Crippen LogP contribution in [0.3, 0.4) is 0 Å². The molecule has 0 radical (unpaired) electrons. The van der Waals surface area contributed by atoms with Gasteiger partial charge in [0.25, 0.3) is 11.5 Å². The Balaban J connectivity index is 1.95. The van der Waals surface area contributed by atoms with E-state index < -0.39 is 0 Å². The highest BCUT2D eigenvalue weighted by Gasteiger charge is 2.34. The van der Waals surface area contributed by atoms with Crippen LogP contribution in [0.2, 0.25) is 0 Å². The minimum absolute atomic E-state index is 0.0144. The minimum Gasteiger partial charge on any atom is -0.368 e. The van der Waals surface area contributed by atoms with Gasteiger partial charge in [-0.15, -0.1) is 0 Å². The average molecular weight is 457 g/mol. The number of piperazine rings is 1. The van der Waals surface area contributed by atoms with Gasteiger partial charge in [-0.05, 0) is 40.0 Å². The number of aryl methyl sites for hydroxylation is 1. The molecule has 2 saturated heterocycles. The van der Waals surface area contributed by atoms with Crippen molar-refractivity contribution >= 4 is 56.9 Å². The topological polar surface area (TPSA) is 48.8 Å². The summed E-state index contributed by atoms with van der Waals surface area (Å²) < 4.78 is 2.34. The summed E-state index contributed by atoms with van der Waals surface area (Å²) in [7, 11) is 2.11. The van der Waals surface area contributed by atoms with E-state index in [9.17, 15) is 9.59 Å². The van der Waals surface area contributed by atoms with Crippen LogP contribution in [-0.4, -0.2) is 63.9 Å². The fourth-order valence-electron chi connectivity index (χ4n) is 4.28. The summed E-state index contributed by atoms with van der Waals surface area (Å²) in [6, 6.07) is 8.04. The summed E-state index contributed by atoms with van der Waals surface area (Å²) in [6.45, 7) is 9.97. The first-order chi connectivity index (χ1) is 14.8. The maximum Gasteiger partial charge on any atom is 0.266 e.